The van der Waals surface area contributed by atoms with Gasteiger partial charge < -0.3 is 14.2 Å². The number of fused-ring (bicyclic) bond motifs is 1. The van der Waals surface area contributed by atoms with Crippen molar-refractivity contribution in [2.45, 2.75) is 6.42 Å². The molecule has 6 nitrogen and oxygen atoms in total. The second kappa shape index (κ2) is 7.23. The van der Waals surface area contributed by atoms with E-state index in [-0.39, 0.29) is 6.03 Å². The standard InChI is InChI=1S/C17H21ClN4O2/c1-20(2)6-3-7-21-8-9-22(17(21)23)19-12-15-11-13-10-14(18)4-5-16(13)24-15/h4-5,10-12H,3,6-9H2,1-2H3/b19-12+. The Morgan fingerprint density at radius 1 is 1.33 bits per heavy atom. The van der Waals surface area contributed by atoms with Gasteiger partial charge in [-0.3, -0.25) is 0 Å². The van der Waals surface area contributed by atoms with Gasteiger partial charge in [0, 0.05) is 23.5 Å². The first-order chi connectivity index (χ1) is 11.5. The zero-order valence-electron chi connectivity index (χ0n) is 13.9. The second-order valence-corrected chi connectivity index (χ2v) is 6.56. The van der Waals surface area contributed by atoms with Crippen LogP contribution >= 0.6 is 11.6 Å². The van der Waals surface area contributed by atoms with Crippen LogP contribution in [-0.2, 0) is 0 Å². The molecule has 2 aromatic rings. The van der Waals surface area contributed by atoms with Crippen molar-refractivity contribution in [2.75, 3.05) is 40.3 Å². The zero-order valence-corrected chi connectivity index (χ0v) is 14.7. The third-order valence-corrected chi connectivity index (χ3v) is 4.16. The first kappa shape index (κ1) is 16.8. The fourth-order valence-electron chi connectivity index (χ4n) is 2.69. The normalized spacial score (nSPS) is 15.6. The smallest absolute Gasteiger partial charge is 0.340 e. The summed E-state index contributed by atoms with van der Waals surface area (Å²) in [4.78, 5) is 16.2. The van der Waals surface area contributed by atoms with Gasteiger partial charge in [-0.15, -0.1) is 0 Å². The number of hydrogen-bond acceptors (Lipinski definition) is 4. The molecule has 1 saturated heterocycles. The lowest BCUT2D eigenvalue weighted by molar-refractivity contribution is 0.192. The third kappa shape index (κ3) is 3.88. The molecule has 1 aromatic heterocycles. The van der Waals surface area contributed by atoms with Crippen LogP contribution < -0.4 is 0 Å². The lowest BCUT2D eigenvalue weighted by Crippen LogP contribution is -2.31. The number of hydrazone groups is 1. The van der Waals surface area contributed by atoms with Gasteiger partial charge in [-0.05, 0) is 51.3 Å². The van der Waals surface area contributed by atoms with Crippen LogP contribution in [-0.4, -0.2) is 67.3 Å². The molecule has 1 aliphatic rings. The number of benzene rings is 1. The number of carbonyl (C=O) groups excluding carboxylic acids is 1. The highest BCUT2D eigenvalue weighted by molar-refractivity contribution is 6.31. The van der Waals surface area contributed by atoms with Crippen molar-refractivity contribution in [1.29, 1.82) is 0 Å². The number of amides is 2. The molecule has 0 spiro atoms. The summed E-state index contributed by atoms with van der Waals surface area (Å²) in [6.07, 6.45) is 2.54. The minimum atomic E-state index is -0.0517. The van der Waals surface area contributed by atoms with Crippen LogP contribution in [0.25, 0.3) is 11.0 Å². The molecule has 2 amide bonds. The number of furan rings is 1. The summed E-state index contributed by atoms with van der Waals surface area (Å²) in [5.74, 6) is 0.603. The van der Waals surface area contributed by atoms with Crippen LogP contribution in [0, 0.1) is 0 Å². The maximum Gasteiger partial charge on any atom is 0.340 e. The van der Waals surface area contributed by atoms with Gasteiger partial charge in [-0.1, -0.05) is 11.6 Å². The van der Waals surface area contributed by atoms with Gasteiger partial charge in [0.1, 0.15) is 11.3 Å². The van der Waals surface area contributed by atoms with Crippen LogP contribution in [0.1, 0.15) is 12.2 Å². The van der Waals surface area contributed by atoms with Gasteiger partial charge in [0.25, 0.3) is 0 Å². The van der Waals surface area contributed by atoms with E-state index >= 15 is 0 Å². The molecule has 2 heterocycles. The summed E-state index contributed by atoms with van der Waals surface area (Å²) in [5.41, 5.74) is 0.749. The molecule has 0 radical (unpaired) electrons. The molecule has 1 fully saturated rings. The number of halogens is 1. The second-order valence-electron chi connectivity index (χ2n) is 6.13. The Kier molecular flexibility index (Phi) is 5.06. The van der Waals surface area contributed by atoms with E-state index in [2.05, 4.69) is 10.0 Å². The molecule has 0 aliphatic carbocycles. The molecular weight excluding hydrogens is 328 g/mol. The highest BCUT2D eigenvalue weighted by Crippen LogP contribution is 2.22. The summed E-state index contributed by atoms with van der Waals surface area (Å²) < 4.78 is 5.67. The van der Waals surface area contributed by atoms with E-state index in [0.29, 0.717) is 23.9 Å². The molecule has 3 rings (SSSR count). The Labute approximate surface area is 146 Å². The molecule has 0 atom stereocenters. The van der Waals surface area contributed by atoms with Gasteiger partial charge in [0.2, 0.25) is 0 Å². The average Bonchev–Trinajstić information content (AvgIpc) is 3.08. The Balaban J connectivity index is 1.60. The number of urea groups is 1. The minimum Gasteiger partial charge on any atom is -0.455 e. The maximum atomic E-state index is 12.3. The molecule has 0 bridgehead atoms. The molecule has 0 saturated carbocycles. The van der Waals surface area contributed by atoms with Crippen molar-refractivity contribution < 1.29 is 9.21 Å². The van der Waals surface area contributed by atoms with Crippen molar-refractivity contribution in [3.05, 3.63) is 35.0 Å². The van der Waals surface area contributed by atoms with E-state index in [0.717, 1.165) is 30.5 Å². The van der Waals surface area contributed by atoms with Crippen LogP contribution in [0.3, 0.4) is 0 Å². The van der Waals surface area contributed by atoms with Crippen LogP contribution in [0.4, 0.5) is 4.79 Å². The van der Waals surface area contributed by atoms with Crippen molar-refractivity contribution in [2.24, 2.45) is 5.10 Å². The summed E-state index contributed by atoms with van der Waals surface area (Å²) >= 11 is 5.97. The molecular formula is C17H21ClN4O2. The molecule has 0 unspecified atom stereocenters. The van der Waals surface area contributed by atoms with E-state index in [9.17, 15) is 4.79 Å². The fourth-order valence-corrected chi connectivity index (χ4v) is 2.87. The quantitative estimate of drug-likeness (QED) is 0.754. The van der Waals surface area contributed by atoms with Crippen molar-refractivity contribution in [3.8, 4) is 0 Å². The number of rotatable bonds is 6. The number of nitrogens with zero attached hydrogens (tertiary/aromatic N) is 4. The van der Waals surface area contributed by atoms with Crippen molar-refractivity contribution in [1.82, 2.24) is 14.8 Å². The van der Waals surface area contributed by atoms with Gasteiger partial charge >= 0.3 is 6.03 Å². The van der Waals surface area contributed by atoms with E-state index < -0.39 is 0 Å². The summed E-state index contributed by atoms with van der Waals surface area (Å²) in [6, 6.07) is 7.25. The molecule has 0 N–H and O–H groups in total. The van der Waals surface area contributed by atoms with Gasteiger partial charge in [0.05, 0.1) is 12.8 Å². The monoisotopic (exact) mass is 348 g/mol. The third-order valence-electron chi connectivity index (χ3n) is 3.93. The molecule has 128 valence electrons. The van der Waals surface area contributed by atoms with Crippen LogP contribution in [0.5, 0.6) is 0 Å². The van der Waals surface area contributed by atoms with E-state index in [1.165, 1.54) is 5.01 Å². The topological polar surface area (TPSA) is 52.3 Å². The summed E-state index contributed by atoms with van der Waals surface area (Å²) in [5, 5.41) is 7.33. The van der Waals surface area contributed by atoms with Gasteiger partial charge in [-0.2, -0.15) is 5.10 Å². The average molecular weight is 349 g/mol. The predicted octanol–water partition coefficient (Wildman–Crippen LogP) is 3.11. The van der Waals surface area contributed by atoms with E-state index in [1.807, 2.05) is 37.2 Å². The lowest BCUT2D eigenvalue weighted by Gasteiger charge is -2.17. The Morgan fingerprint density at radius 2 is 2.17 bits per heavy atom. The Bertz CT molecular complexity index is 756. The van der Waals surface area contributed by atoms with E-state index in [4.69, 9.17) is 16.0 Å². The van der Waals surface area contributed by atoms with Crippen LogP contribution in [0.2, 0.25) is 5.02 Å². The predicted molar refractivity (Wildman–Crippen MR) is 95.7 cm³/mol. The Hall–Kier alpha value is -2.05. The summed E-state index contributed by atoms with van der Waals surface area (Å²) in [7, 11) is 4.06. The maximum absolute atomic E-state index is 12.3. The summed E-state index contributed by atoms with van der Waals surface area (Å²) in [6.45, 7) is 3.03. The first-order valence-corrected chi connectivity index (χ1v) is 8.35. The lowest BCUT2D eigenvalue weighted by atomic mass is 10.2. The van der Waals surface area contributed by atoms with Crippen molar-refractivity contribution >= 4 is 34.8 Å². The van der Waals surface area contributed by atoms with Gasteiger partial charge in [-0.25, -0.2) is 9.80 Å². The molecule has 1 aliphatic heterocycles. The number of carbonyl (C=O) groups is 1. The largest absolute Gasteiger partial charge is 0.455 e. The number of hydrogen-bond donors (Lipinski definition) is 0. The minimum absolute atomic E-state index is 0.0517. The van der Waals surface area contributed by atoms with Crippen molar-refractivity contribution in [3.63, 3.8) is 0 Å². The van der Waals surface area contributed by atoms with Gasteiger partial charge in [0.15, 0.2) is 0 Å². The highest BCUT2D eigenvalue weighted by Gasteiger charge is 2.27. The fraction of sp³-hybridized carbons (Fsp3) is 0.412. The zero-order chi connectivity index (χ0) is 17.1. The van der Waals surface area contributed by atoms with E-state index in [1.54, 1.807) is 12.3 Å². The Morgan fingerprint density at radius 3 is 2.96 bits per heavy atom. The first-order valence-electron chi connectivity index (χ1n) is 7.97. The molecule has 1 aromatic carbocycles. The highest BCUT2D eigenvalue weighted by atomic mass is 35.5. The molecule has 7 heteroatoms. The van der Waals surface area contributed by atoms with Crippen LogP contribution in [0.15, 0.2) is 33.8 Å². The molecule has 24 heavy (non-hydrogen) atoms. The SMILES string of the molecule is CN(C)CCCN1CCN(/N=C/c2cc3cc(Cl)ccc3o2)C1=O.